The molecule has 1 fully saturated rings. The number of aryl methyl sites for hydroxylation is 1. The quantitative estimate of drug-likeness (QED) is 0.474. The fourth-order valence-electron chi connectivity index (χ4n) is 3.91. The van der Waals surface area contributed by atoms with Crippen molar-refractivity contribution in [1.29, 1.82) is 0 Å². The van der Waals surface area contributed by atoms with Gasteiger partial charge in [0.05, 0.1) is 6.04 Å². The molecule has 2 N–H and O–H groups in total. The number of hydrogen-bond donors (Lipinski definition) is 2. The highest BCUT2D eigenvalue weighted by molar-refractivity contribution is 6.35. The second-order valence-electron chi connectivity index (χ2n) is 7.83. The molecule has 1 atom stereocenters. The predicted molar refractivity (Wildman–Crippen MR) is 121 cm³/mol. The maximum absolute atomic E-state index is 12.4. The van der Waals surface area contributed by atoms with E-state index >= 15 is 0 Å². The summed E-state index contributed by atoms with van der Waals surface area (Å²) in [5.74, 6) is -1.16. The Balaban J connectivity index is 1.47. The highest BCUT2D eigenvalue weighted by atomic mass is 16.2. The summed E-state index contributed by atoms with van der Waals surface area (Å²) in [4.78, 5) is 33.6. The number of hydrogen-bond acceptors (Lipinski definition) is 5. The van der Waals surface area contributed by atoms with Gasteiger partial charge >= 0.3 is 11.8 Å². The first-order chi connectivity index (χ1) is 15.2. The number of aromatic nitrogens is 1. The van der Waals surface area contributed by atoms with E-state index in [1.807, 2.05) is 36.5 Å². The summed E-state index contributed by atoms with van der Waals surface area (Å²) in [7, 11) is 0. The fraction of sp³-hybridized carbons (Fsp3) is 0.458. The molecular weight excluding hydrogens is 390 g/mol. The minimum Gasteiger partial charge on any atom is -0.348 e. The van der Waals surface area contributed by atoms with E-state index in [0.29, 0.717) is 13.1 Å². The predicted octanol–water partition coefficient (Wildman–Crippen LogP) is 1.63. The largest absolute Gasteiger partial charge is 0.348 e. The fourth-order valence-corrected chi connectivity index (χ4v) is 3.91. The van der Waals surface area contributed by atoms with Gasteiger partial charge in [-0.2, -0.15) is 0 Å². The molecule has 0 aliphatic carbocycles. The molecule has 0 spiro atoms. The van der Waals surface area contributed by atoms with Gasteiger partial charge in [0.25, 0.3) is 0 Å². The second-order valence-corrected chi connectivity index (χ2v) is 7.83. The van der Waals surface area contributed by atoms with Gasteiger partial charge < -0.3 is 15.5 Å². The SMILES string of the molecule is CCN1CCN([C@@H](CNC(=O)C(=O)NCCCc2ccccc2)c2cccnc2)CC1. The number of benzene rings is 1. The monoisotopic (exact) mass is 423 g/mol. The molecule has 1 aliphatic heterocycles. The van der Waals surface area contributed by atoms with E-state index in [9.17, 15) is 9.59 Å². The molecule has 1 saturated heterocycles. The lowest BCUT2D eigenvalue weighted by Gasteiger charge is -2.39. The van der Waals surface area contributed by atoms with Gasteiger partial charge in [0, 0.05) is 51.7 Å². The topological polar surface area (TPSA) is 77.6 Å². The maximum Gasteiger partial charge on any atom is 0.309 e. The van der Waals surface area contributed by atoms with E-state index in [0.717, 1.165) is 51.1 Å². The number of carbonyl (C=O) groups excluding carboxylic acids is 2. The van der Waals surface area contributed by atoms with Crippen LogP contribution in [0.4, 0.5) is 0 Å². The van der Waals surface area contributed by atoms with Crippen LogP contribution in [0, 0.1) is 0 Å². The van der Waals surface area contributed by atoms with Crippen molar-refractivity contribution >= 4 is 11.8 Å². The van der Waals surface area contributed by atoms with Crippen molar-refractivity contribution in [2.45, 2.75) is 25.8 Å². The molecule has 1 aliphatic rings. The Hall–Kier alpha value is -2.77. The number of piperazine rings is 1. The number of likely N-dealkylation sites (N-methyl/N-ethyl adjacent to an activating group) is 1. The van der Waals surface area contributed by atoms with Crippen LogP contribution < -0.4 is 10.6 Å². The molecule has 0 unspecified atom stereocenters. The molecule has 1 aromatic carbocycles. The Bertz CT molecular complexity index is 807. The van der Waals surface area contributed by atoms with Gasteiger partial charge in [-0.25, -0.2) is 0 Å². The van der Waals surface area contributed by atoms with Crippen molar-refractivity contribution in [1.82, 2.24) is 25.4 Å². The summed E-state index contributed by atoms with van der Waals surface area (Å²) in [5.41, 5.74) is 2.28. The summed E-state index contributed by atoms with van der Waals surface area (Å²) >= 11 is 0. The number of amides is 2. The number of pyridine rings is 1. The van der Waals surface area contributed by atoms with Crippen molar-refractivity contribution < 1.29 is 9.59 Å². The lowest BCUT2D eigenvalue weighted by Crippen LogP contribution is -2.50. The van der Waals surface area contributed by atoms with Crippen molar-refractivity contribution in [3.8, 4) is 0 Å². The maximum atomic E-state index is 12.4. The Morgan fingerprint density at radius 1 is 1.00 bits per heavy atom. The summed E-state index contributed by atoms with van der Waals surface area (Å²) in [6, 6.07) is 14.1. The first-order valence-corrected chi connectivity index (χ1v) is 11.1. The average molecular weight is 424 g/mol. The van der Waals surface area contributed by atoms with E-state index in [1.54, 1.807) is 6.20 Å². The van der Waals surface area contributed by atoms with Crippen LogP contribution in [0.3, 0.4) is 0 Å². The number of nitrogens with one attached hydrogen (secondary N) is 2. The molecule has 0 bridgehead atoms. The molecule has 0 radical (unpaired) electrons. The highest BCUT2D eigenvalue weighted by Gasteiger charge is 2.26. The van der Waals surface area contributed by atoms with E-state index in [1.165, 1.54) is 5.56 Å². The zero-order valence-corrected chi connectivity index (χ0v) is 18.3. The number of rotatable bonds is 9. The minimum atomic E-state index is -0.583. The Kier molecular flexibility index (Phi) is 8.99. The summed E-state index contributed by atoms with van der Waals surface area (Å²) in [6.07, 6.45) is 5.25. The zero-order chi connectivity index (χ0) is 21.9. The Labute approximate surface area is 184 Å². The van der Waals surface area contributed by atoms with Gasteiger partial charge in [0.1, 0.15) is 0 Å². The van der Waals surface area contributed by atoms with Crippen LogP contribution in [0.25, 0.3) is 0 Å². The minimum absolute atomic E-state index is 0.00235. The molecule has 31 heavy (non-hydrogen) atoms. The first-order valence-electron chi connectivity index (χ1n) is 11.1. The van der Waals surface area contributed by atoms with Gasteiger partial charge in [-0.3, -0.25) is 19.5 Å². The van der Waals surface area contributed by atoms with E-state index < -0.39 is 11.8 Å². The zero-order valence-electron chi connectivity index (χ0n) is 18.3. The van der Waals surface area contributed by atoms with Crippen molar-refractivity contribution in [2.24, 2.45) is 0 Å². The Morgan fingerprint density at radius 3 is 2.42 bits per heavy atom. The van der Waals surface area contributed by atoms with Gasteiger partial charge in [0.15, 0.2) is 0 Å². The third-order valence-electron chi connectivity index (χ3n) is 5.80. The molecule has 2 amide bonds. The lowest BCUT2D eigenvalue weighted by molar-refractivity contribution is -0.139. The highest BCUT2D eigenvalue weighted by Crippen LogP contribution is 2.21. The molecule has 7 nitrogen and oxygen atoms in total. The molecular formula is C24H33N5O2. The van der Waals surface area contributed by atoms with Crippen LogP contribution in [0.5, 0.6) is 0 Å². The van der Waals surface area contributed by atoms with E-state index in [-0.39, 0.29) is 6.04 Å². The van der Waals surface area contributed by atoms with Crippen LogP contribution >= 0.6 is 0 Å². The molecule has 166 valence electrons. The number of nitrogens with zero attached hydrogens (tertiary/aromatic N) is 3. The normalized spacial score (nSPS) is 15.9. The van der Waals surface area contributed by atoms with Gasteiger partial charge in [-0.05, 0) is 36.6 Å². The molecule has 1 aromatic heterocycles. The van der Waals surface area contributed by atoms with Gasteiger partial charge in [-0.15, -0.1) is 0 Å². The Morgan fingerprint density at radius 2 is 1.74 bits per heavy atom. The molecule has 0 saturated carbocycles. The lowest BCUT2D eigenvalue weighted by atomic mass is 10.1. The van der Waals surface area contributed by atoms with Crippen LogP contribution in [-0.2, 0) is 16.0 Å². The first kappa shape index (κ1) is 22.9. The van der Waals surface area contributed by atoms with Crippen LogP contribution in [0.15, 0.2) is 54.9 Å². The molecule has 2 heterocycles. The summed E-state index contributed by atoms with van der Waals surface area (Å²) in [5, 5.41) is 5.55. The average Bonchev–Trinajstić information content (AvgIpc) is 2.83. The van der Waals surface area contributed by atoms with Crippen LogP contribution in [0.1, 0.15) is 30.5 Å². The van der Waals surface area contributed by atoms with Crippen molar-refractivity contribution in [3.05, 3.63) is 66.0 Å². The number of carbonyl (C=O) groups is 2. The van der Waals surface area contributed by atoms with Crippen LogP contribution in [0.2, 0.25) is 0 Å². The molecule has 3 rings (SSSR count). The van der Waals surface area contributed by atoms with Crippen LogP contribution in [-0.4, -0.2) is 72.4 Å². The third-order valence-corrected chi connectivity index (χ3v) is 5.80. The van der Waals surface area contributed by atoms with Gasteiger partial charge in [0.2, 0.25) is 0 Å². The summed E-state index contributed by atoms with van der Waals surface area (Å²) < 4.78 is 0. The molecule has 7 heteroatoms. The standard InChI is InChI=1S/C24H33N5O2/c1-2-28-14-16-29(17-15-28)22(21-11-7-12-25-18-21)19-27-24(31)23(30)26-13-6-10-20-8-4-3-5-9-20/h3-5,7-9,11-12,18,22H,2,6,10,13-17,19H2,1H3,(H,26,30)(H,27,31)/t22-/m0/s1. The van der Waals surface area contributed by atoms with Crippen molar-refractivity contribution in [3.63, 3.8) is 0 Å². The third kappa shape index (κ3) is 7.15. The van der Waals surface area contributed by atoms with Gasteiger partial charge in [-0.1, -0.05) is 43.3 Å². The van der Waals surface area contributed by atoms with E-state index in [2.05, 4.69) is 44.5 Å². The van der Waals surface area contributed by atoms with Crippen molar-refractivity contribution in [2.75, 3.05) is 45.8 Å². The van der Waals surface area contributed by atoms with E-state index in [4.69, 9.17) is 0 Å². The second kappa shape index (κ2) is 12.2. The smallest absolute Gasteiger partial charge is 0.309 e. The molecule has 2 aromatic rings. The summed E-state index contributed by atoms with van der Waals surface area (Å²) in [6.45, 7) is 7.94.